The van der Waals surface area contributed by atoms with E-state index < -0.39 is 33.3 Å². The second-order valence-corrected chi connectivity index (χ2v) is 10.6. The Bertz CT molecular complexity index is 1600. The quantitative estimate of drug-likeness (QED) is 0.312. The highest BCUT2D eigenvalue weighted by molar-refractivity contribution is 7.92. The summed E-state index contributed by atoms with van der Waals surface area (Å²) in [5.41, 5.74) is -0.275. The standard InChI is InChI=1S/C21H16ClFN4O5S2/c1-24-12-2-4-14-11(8-12)9-18(28)27(20(14)29)16-5-3-13(10-15(16)23)25-21(30)26-34(31,32)19-7-6-17(22)33-19/h2-10,24,29H,1H3,(H2,25,26,30). The number of urea groups is 1. The number of anilines is 2. The summed E-state index contributed by atoms with van der Waals surface area (Å²) in [6, 6.07) is 11.0. The Morgan fingerprint density at radius 1 is 1.09 bits per heavy atom. The predicted octanol–water partition coefficient (Wildman–Crippen LogP) is 4.10. The highest BCUT2D eigenvalue weighted by Gasteiger charge is 2.20. The number of rotatable bonds is 5. The summed E-state index contributed by atoms with van der Waals surface area (Å²) in [6.07, 6.45) is 0. The molecule has 4 rings (SSSR count). The fourth-order valence-electron chi connectivity index (χ4n) is 3.23. The monoisotopic (exact) mass is 522 g/mol. The maximum Gasteiger partial charge on any atom is 0.333 e. The second-order valence-electron chi connectivity index (χ2n) is 6.98. The zero-order valence-corrected chi connectivity index (χ0v) is 19.7. The number of hydrogen-bond donors (Lipinski definition) is 4. The minimum absolute atomic E-state index is 0.0786. The van der Waals surface area contributed by atoms with Crippen molar-refractivity contribution in [1.82, 2.24) is 9.29 Å². The van der Waals surface area contributed by atoms with Crippen LogP contribution in [0.4, 0.5) is 20.6 Å². The third-order valence-electron chi connectivity index (χ3n) is 4.78. The van der Waals surface area contributed by atoms with Crippen LogP contribution in [0.5, 0.6) is 5.88 Å². The number of halogens is 2. The van der Waals surface area contributed by atoms with Crippen LogP contribution in [-0.4, -0.2) is 31.2 Å². The van der Waals surface area contributed by atoms with Gasteiger partial charge in [-0.05, 0) is 53.9 Å². The third-order valence-corrected chi connectivity index (χ3v) is 7.83. The zero-order chi connectivity index (χ0) is 24.6. The first-order chi connectivity index (χ1) is 16.1. The van der Waals surface area contributed by atoms with Crippen molar-refractivity contribution in [2.75, 3.05) is 17.7 Å². The summed E-state index contributed by atoms with van der Waals surface area (Å²) in [5.74, 6) is -1.39. The molecule has 13 heteroatoms. The molecule has 0 aliphatic carbocycles. The Hall–Kier alpha value is -3.61. The number of aromatic hydroxyl groups is 1. The Labute approximate surface area is 201 Å². The number of pyridine rings is 1. The van der Waals surface area contributed by atoms with Gasteiger partial charge < -0.3 is 15.7 Å². The summed E-state index contributed by atoms with van der Waals surface area (Å²) in [6.45, 7) is 0. The van der Waals surface area contributed by atoms with Crippen LogP contribution in [0.2, 0.25) is 4.34 Å². The number of benzene rings is 2. The van der Waals surface area contributed by atoms with Crippen molar-refractivity contribution in [3.63, 3.8) is 0 Å². The largest absolute Gasteiger partial charge is 0.494 e. The molecule has 2 aromatic heterocycles. The highest BCUT2D eigenvalue weighted by atomic mass is 35.5. The van der Waals surface area contributed by atoms with Crippen molar-refractivity contribution in [3.05, 3.63) is 75.1 Å². The molecular weight excluding hydrogens is 507 g/mol. The number of thiophene rings is 1. The lowest BCUT2D eigenvalue weighted by molar-refractivity contribution is 0.256. The van der Waals surface area contributed by atoms with Gasteiger partial charge in [-0.15, -0.1) is 11.3 Å². The summed E-state index contributed by atoms with van der Waals surface area (Å²) >= 11 is 6.49. The number of amides is 2. The average molecular weight is 523 g/mol. The molecule has 0 aliphatic rings. The Balaban J connectivity index is 1.61. The fourth-order valence-corrected chi connectivity index (χ4v) is 5.62. The van der Waals surface area contributed by atoms with Crippen LogP contribution in [0.25, 0.3) is 16.5 Å². The van der Waals surface area contributed by atoms with Gasteiger partial charge in [-0.2, -0.15) is 0 Å². The van der Waals surface area contributed by atoms with E-state index in [9.17, 15) is 27.5 Å². The number of nitrogens with zero attached hydrogens (tertiary/aromatic N) is 1. The number of aromatic nitrogens is 1. The second kappa shape index (κ2) is 8.97. The van der Waals surface area contributed by atoms with Gasteiger partial charge in [-0.3, -0.25) is 4.79 Å². The average Bonchev–Trinajstić information content (AvgIpc) is 3.21. The SMILES string of the molecule is CNc1ccc2c(O)n(-c3ccc(NC(=O)NS(=O)(=O)c4ccc(Cl)s4)cc3F)c(=O)cc2c1. The molecule has 0 saturated heterocycles. The maximum atomic E-state index is 14.9. The van der Waals surface area contributed by atoms with Gasteiger partial charge in [0, 0.05) is 29.9 Å². The van der Waals surface area contributed by atoms with Gasteiger partial charge in [0.05, 0.1) is 10.0 Å². The lowest BCUT2D eigenvalue weighted by Crippen LogP contribution is -2.34. The summed E-state index contributed by atoms with van der Waals surface area (Å²) in [4.78, 5) is 24.8. The van der Waals surface area contributed by atoms with E-state index in [0.717, 1.165) is 27.7 Å². The van der Waals surface area contributed by atoms with Gasteiger partial charge in [0.1, 0.15) is 10.0 Å². The van der Waals surface area contributed by atoms with Gasteiger partial charge in [0.25, 0.3) is 15.6 Å². The van der Waals surface area contributed by atoms with Crippen LogP contribution in [0.15, 0.2) is 63.6 Å². The van der Waals surface area contributed by atoms with E-state index in [1.165, 1.54) is 30.3 Å². The van der Waals surface area contributed by atoms with Gasteiger partial charge in [0.2, 0.25) is 5.88 Å². The summed E-state index contributed by atoms with van der Waals surface area (Å²) < 4.78 is 42.0. The van der Waals surface area contributed by atoms with Crippen LogP contribution in [0.3, 0.4) is 0 Å². The van der Waals surface area contributed by atoms with E-state index >= 15 is 0 Å². The fraction of sp³-hybridized carbons (Fsp3) is 0.0476. The first kappa shape index (κ1) is 23.5. The molecule has 0 spiro atoms. The number of carbonyl (C=O) groups excluding carboxylic acids is 1. The first-order valence-electron chi connectivity index (χ1n) is 9.54. The smallest absolute Gasteiger partial charge is 0.333 e. The maximum absolute atomic E-state index is 14.9. The van der Waals surface area contributed by atoms with Crippen LogP contribution in [0, 0.1) is 5.82 Å². The van der Waals surface area contributed by atoms with E-state index in [2.05, 4.69) is 10.6 Å². The molecule has 0 saturated carbocycles. The topological polar surface area (TPSA) is 130 Å². The molecule has 0 fully saturated rings. The van der Waals surface area contributed by atoms with E-state index in [-0.39, 0.29) is 19.9 Å². The molecule has 4 aromatic rings. The number of sulfonamides is 1. The van der Waals surface area contributed by atoms with Gasteiger partial charge in [-0.25, -0.2) is 26.9 Å². The number of nitrogens with one attached hydrogen (secondary N) is 3. The first-order valence-corrected chi connectivity index (χ1v) is 12.2. The Morgan fingerprint density at radius 3 is 2.47 bits per heavy atom. The molecule has 2 heterocycles. The van der Waals surface area contributed by atoms with E-state index in [0.29, 0.717) is 10.8 Å². The van der Waals surface area contributed by atoms with Crippen molar-refractivity contribution in [1.29, 1.82) is 0 Å². The molecule has 9 nitrogen and oxygen atoms in total. The third kappa shape index (κ3) is 4.55. The van der Waals surface area contributed by atoms with Crippen LogP contribution in [-0.2, 0) is 10.0 Å². The van der Waals surface area contributed by atoms with Crippen LogP contribution in [0.1, 0.15) is 0 Å². The van der Waals surface area contributed by atoms with Gasteiger partial charge in [-0.1, -0.05) is 11.6 Å². The molecule has 0 bridgehead atoms. The predicted molar refractivity (Wildman–Crippen MR) is 129 cm³/mol. The van der Waals surface area contributed by atoms with Crippen LogP contribution >= 0.6 is 22.9 Å². The Morgan fingerprint density at radius 2 is 1.82 bits per heavy atom. The number of carbonyl (C=O) groups is 1. The van der Waals surface area contributed by atoms with Gasteiger partial charge in [0.15, 0.2) is 0 Å². The summed E-state index contributed by atoms with van der Waals surface area (Å²) in [5, 5.41) is 16.6. The van der Waals surface area contributed by atoms with E-state index in [1.807, 2.05) is 0 Å². The highest BCUT2D eigenvalue weighted by Crippen LogP contribution is 2.29. The molecule has 0 aliphatic heterocycles. The van der Waals surface area contributed by atoms with Crippen molar-refractivity contribution in [3.8, 4) is 11.6 Å². The number of hydrogen-bond acceptors (Lipinski definition) is 7. The lowest BCUT2D eigenvalue weighted by atomic mass is 10.1. The lowest BCUT2D eigenvalue weighted by Gasteiger charge is -2.14. The molecule has 0 radical (unpaired) electrons. The molecule has 0 atom stereocenters. The minimum Gasteiger partial charge on any atom is -0.494 e. The normalized spacial score (nSPS) is 11.4. The molecule has 0 unspecified atom stereocenters. The molecular formula is C21H16ClFN4O5S2. The van der Waals surface area contributed by atoms with Crippen molar-refractivity contribution in [2.24, 2.45) is 0 Å². The Kier molecular flexibility index (Phi) is 6.21. The van der Waals surface area contributed by atoms with Crippen molar-refractivity contribution in [2.45, 2.75) is 4.21 Å². The van der Waals surface area contributed by atoms with Crippen molar-refractivity contribution >= 4 is 61.1 Å². The minimum atomic E-state index is -4.16. The van der Waals surface area contributed by atoms with Gasteiger partial charge >= 0.3 is 6.03 Å². The molecule has 2 amide bonds. The summed E-state index contributed by atoms with van der Waals surface area (Å²) in [7, 11) is -2.45. The van der Waals surface area contributed by atoms with Crippen LogP contribution < -0.4 is 20.9 Å². The molecule has 176 valence electrons. The number of fused-ring (bicyclic) bond motifs is 1. The molecule has 4 N–H and O–H groups in total. The van der Waals surface area contributed by atoms with E-state index in [1.54, 1.807) is 30.0 Å². The van der Waals surface area contributed by atoms with E-state index in [4.69, 9.17) is 11.6 Å². The zero-order valence-electron chi connectivity index (χ0n) is 17.3. The molecule has 2 aromatic carbocycles. The molecule has 34 heavy (non-hydrogen) atoms. The van der Waals surface area contributed by atoms with Crippen molar-refractivity contribution < 1.29 is 22.7 Å².